The fourth-order valence-electron chi connectivity index (χ4n) is 3.03. The lowest BCUT2D eigenvalue weighted by Crippen LogP contribution is -2.16. The van der Waals surface area contributed by atoms with Gasteiger partial charge in [-0.1, -0.05) is 73.9 Å². The first-order valence-corrected chi connectivity index (χ1v) is 10.7. The smallest absolute Gasteiger partial charge is 0.205 e. The van der Waals surface area contributed by atoms with Gasteiger partial charge in [-0.05, 0) is 43.9 Å². The summed E-state index contributed by atoms with van der Waals surface area (Å²) in [6.07, 6.45) is 2.00. The van der Waals surface area contributed by atoms with Crippen LogP contribution >= 0.6 is 0 Å². The molecule has 140 valence electrons. The van der Waals surface area contributed by atoms with Gasteiger partial charge in [0.1, 0.15) is 6.10 Å². The number of sulfone groups is 1. The van der Waals surface area contributed by atoms with Gasteiger partial charge in [-0.25, -0.2) is 8.42 Å². The number of aryl methyl sites for hydroxylation is 1. The predicted molar refractivity (Wildman–Crippen MR) is 107 cm³/mol. The highest BCUT2D eigenvalue weighted by Gasteiger charge is 2.30. The molecule has 0 radical (unpaired) electrons. The summed E-state index contributed by atoms with van der Waals surface area (Å²) in [5, 5.41) is 11.0. The van der Waals surface area contributed by atoms with E-state index >= 15 is 0 Å². The molecule has 1 atom stereocenters. The molecule has 26 heavy (non-hydrogen) atoms. The maximum atomic E-state index is 13.4. The SMILES string of the molecule is CCCC/C(CC)=C(/C(O)c1ccccc1)S(=O)(=O)c1ccc(C)cc1. The number of hydrogen-bond acceptors (Lipinski definition) is 3. The first-order chi connectivity index (χ1) is 12.4. The Morgan fingerprint density at radius 3 is 2.15 bits per heavy atom. The van der Waals surface area contributed by atoms with E-state index in [2.05, 4.69) is 6.92 Å². The van der Waals surface area contributed by atoms with E-state index in [0.29, 0.717) is 18.4 Å². The summed E-state index contributed by atoms with van der Waals surface area (Å²) in [4.78, 5) is 0.374. The third-order valence-electron chi connectivity index (χ3n) is 4.59. The minimum Gasteiger partial charge on any atom is -0.383 e. The molecule has 1 N–H and O–H groups in total. The molecule has 0 aliphatic heterocycles. The quantitative estimate of drug-likeness (QED) is 0.679. The average molecular weight is 373 g/mol. The van der Waals surface area contributed by atoms with Gasteiger partial charge in [0.05, 0.1) is 9.80 Å². The van der Waals surface area contributed by atoms with E-state index in [4.69, 9.17) is 0 Å². The van der Waals surface area contributed by atoms with E-state index in [1.165, 1.54) is 0 Å². The van der Waals surface area contributed by atoms with Crippen LogP contribution in [0.15, 0.2) is 70.0 Å². The molecule has 3 nitrogen and oxygen atoms in total. The third kappa shape index (κ3) is 4.63. The van der Waals surface area contributed by atoms with Crippen LogP contribution in [0.2, 0.25) is 0 Å². The van der Waals surface area contributed by atoms with Crippen molar-refractivity contribution in [2.75, 3.05) is 0 Å². The van der Waals surface area contributed by atoms with Crippen LogP contribution in [0.4, 0.5) is 0 Å². The van der Waals surface area contributed by atoms with Gasteiger partial charge in [0, 0.05) is 0 Å². The normalized spacial score (nSPS) is 14.0. The average Bonchev–Trinajstić information content (AvgIpc) is 2.65. The number of benzene rings is 2. The molecule has 2 aromatic rings. The maximum absolute atomic E-state index is 13.4. The second kappa shape index (κ2) is 9.15. The third-order valence-corrected chi connectivity index (χ3v) is 6.58. The first-order valence-electron chi connectivity index (χ1n) is 9.18. The molecule has 0 aliphatic carbocycles. The van der Waals surface area contributed by atoms with Crippen molar-refractivity contribution in [2.45, 2.75) is 57.5 Å². The van der Waals surface area contributed by atoms with E-state index in [9.17, 15) is 13.5 Å². The van der Waals surface area contributed by atoms with E-state index in [1.54, 1.807) is 36.4 Å². The highest BCUT2D eigenvalue weighted by molar-refractivity contribution is 7.95. The van der Waals surface area contributed by atoms with Crippen molar-refractivity contribution in [2.24, 2.45) is 0 Å². The number of rotatable bonds is 8. The Balaban J connectivity index is 2.63. The van der Waals surface area contributed by atoms with Crippen LogP contribution < -0.4 is 0 Å². The Bertz CT molecular complexity index is 835. The van der Waals surface area contributed by atoms with Gasteiger partial charge in [0.25, 0.3) is 0 Å². The molecular weight excluding hydrogens is 344 g/mol. The molecule has 0 amide bonds. The summed E-state index contributed by atoms with van der Waals surface area (Å²) in [6.45, 7) is 5.95. The fourth-order valence-corrected chi connectivity index (χ4v) is 4.83. The Morgan fingerprint density at radius 2 is 1.62 bits per heavy atom. The van der Waals surface area contributed by atoms with Gasteiger partial charge < -0.3 is 5.11 Å². The first kappa shape index (κ1) is 20.4. The molecule has 0 fully saturated rings. The van der Waals surface area contributed by atoms with E-state index < -0.39 is 15.9 Å². The van der Waals surface area contributed by atoms with Crippen molar-refractivity contribution < 1.29 is 13.5 Å². The van der Waals surface area contributed by atoms with Crippen molar-refractivity contribution in [3.05, 3.63) is 76.2 Å². The molecule has 0 spiro atoms. The molecule has 0 saturated heterocycles. The molecule has 0 aliphatic rings. The Labute approximate surface area is 157 Å². The van der Waals surface area contributed by atoms with Crippen LogP contribution in [0.3, 0.4) is 0 Å². The van der Waals surface area contributed by atoms with Gasteiger partial charge in [0.15, 0.2) is 0 Å². The molecule has 2 aromatic carbocycles. The van der Waals surface area contributed by atoms with Gasteiger partial charge in [-0.3, -0.25) is 0 Å². The molecule has 0 heterocycles. The van der Waals surface area contributed by atoms with E-state index in [1.807, 2.05) is 32.0 Å². The number of allylic oxidation sites excluding steroid dienone is 1. The monoisotopic (exact) mass is 372 g/mol. The van der Waals surface area contributed by atoms with Crippen LogP contribution in [0.25, 0.3) is 0 Å². The summed E-state index contributed by atoms with van der Waals surface area (Å²) < 4.78 is 26.8. The Hall–Kier alpha value is -1.91. The molecule has 0 bridgehead atoms. The second-order valence-corrected chi connectivity index (χ2v) is 8.47. The summed E-state index contributed by atoms with van der Waals surface area (Å²) >= 11 is 0. The molecule has 0 aromatic heterocycles. The lowest BCUT2D eigenvalue weighted by atomic mass is 10.0. The fraction of sp³-hybridized carbons (Fsp3) is 0.364. The van der Waals surface area contributed by atoms with Gasteiger partial charge in [-0.2, -0.15) is 0 Å². The predicted octanol–water partition coefficient (Wildman–Crippen LogP) is 5.36. The van der Waals surface area contributed by atoms with Crippen LogP contribution in [0.1, 0.15) is 56.8 Å². The highest BCUT2D eigenvalue weighted by atomic mass is 32.2. The molecule has 2 rings (SSSR count). The number of aliphatic hydroxyl groups is 1. The lowest BCUT2D eigenvalue weighted by Gasteiger charge is -2.21. The highest BCUT2D eigenvalue weighted by Crippen LogP contribution is 2.35. The number of aliphatic hydroxyl groups excluding tert-OH is 1. The minimum atomic E-state index is -3.78. The Kier molecular flexibility index (Phi) is 7.18. The zero-order chi connectivity index (χ0) is 19.2. The topological polar surface area (TPSA) is 54.4 Å². The lowest BCUT2D eigenvalue weighted by molar-refractivity contribution is 0.221. The summed E-state index contributed by atoms with van der Waals surface area (Å²) in [7, 11) is -3.78. The Morgan fingerprint density at radius 1 is 1.00 bits per heavy atom. The maximum Gasteiger partial charge on any atom is 0.205 e. The molecule has 4 heteroatoms. The number of unbranched alkanes of at least 4 members (excludes halogenated alkanes) is 1. The minimum absolute atomic E-state index is 0.142. The van der Waals surface area contributed by atoms with Crippen molar-refractivity contribution in [3.8, 4) is 0 Å². The van der Waals surface area contributed by atoms with Crippen LogP contribution in [-0.2, 0) is 9.84 Å². The van der Waals surface area contributed by atoms with Crippen molar-refractivity contribution in [3.63, 3.8) is 0 Å². The van der Waals surface area contributed by atoms with Crippen LogP contribution in [0, 0.1) is 6.92 Å². The van der Waals surface area contributed by atoms with Gasteiger partial charge >= 0.3 is 0 Å². The largest absolute Gasteiger partial charge is 0.383 e. The van der Waals surface area contributed by atoms with Crippen LogP contribution in [-0.4, -0.2) is 13.5 Å². The zero-order valence-corrected chi connectivity index (χ0v) is 16.6. The van der Waals surface area contributed by atoms with E-state index in [0.717, 1.165) is 24.0 Å². The number of hydrogen-bond donors (Lipinski definition) is 1. The summed E-state index contributed by atoms with van der Waals surface area (Å²) in [5.41, 5.74) is 2.41. The van der Waals surface area contributed by atoms with Crippen LogP contribution in [0.5, 0.6) is 0 Å². The standard InChI is InChI=1S/C22H28O3S/c1-4-6-10-18(5-2)22(21(23)19-11-8-7-9-12-19)26(24,25)20-15-13-17(3)14-16-20/h7-9,11-16,21,23H,4-6,10H2,1-3H3/b22-18-. The van der Waals surface area contributed by atoms with Gasteiger partial charge in [-0.15, -0.1) is 0 Å². The van der Waals surface area contributed by atoms with Crippen molar-refractivity contribution in [1.82, 2.24) is 0 Å². The second-order valence-electron chi connectivity index (χ2n) is 6.55. The summed E-state index contributed by atoms with van der Waals surface area (Å²) in [6, 6.07) is 15.8. The molecule has 0 saturated carbocycles. The van der Waals surface area contributed by atoms with Crippen molar-refractivity contribution >= 4 is 9.84 Å². The zero-order valence-electron chi connectivity index (χ0n) is 15.8. The van der Waals surface area contributed by atoms with Gasteiger partial charge in [0.2, 0.25) is 9.84 Å². The molecule has 1 unspecified atom stereocenters. The van der Waals surface area contributed by atoms with E-state index in [-0.39, 0.29) is 9.80 Å². The summed E-state index contributed by atoms with van der Waals surface area (Å²) in [5.74, 6) is 0. The molecular formula is C22H28O3S. The van der Waals surface area contributed by atoms with Crippen molar-refractivity contribution in [1.29, 1.82) is 0 Å².